The van der Waals surface area contributed by atoms with Crippen molar-refractivity contribution in [3.05, 3.63) is 24.3 Å². The van der Waals surface area contributed by atoms with Crippen LogP contribution in [-0.4, -0.2) is 35.4 Å². The Kier molecular flexibility index (Phi) is 41.2. The van der Waals surface area contributed by atoms with Crippen molar-refractivity contribution in [3.63, 3.8) is 0 Å². The standard InChI is InChI=1S/C36H66O3.C2H6O2/c1-3-5-7-9-11-13-15-17-19-21-23-25-27-29-31-33-35(37)39-36(38)34-32-30-28-26-24-22-20-18-16-14-12-10-8-6-4-2;3-1-2-4/h17-20H,3-16,21-34H2,1-2H3;3-4H,1-2H2. The quantitative estimate of drug-likeness (QED) is 0.0354. The summed E-state index contributed by atoms with van der Waals surface area (Å²) in [4.78, 5) is 23.8. The van der Waals surface area contributed by atoms with Crippen LogP contribution in [0.1, 0.15) is 194 Å². The van der Waals surface area contributed by atoms with Crippen LogP contribution in [0.15, 0.2) is 24.3 Å². The van der Waals surface area contributed by atoms with Crippen molar-refractivity contribution in [2.45, 2.75) is 194 Å². The molecule has 0 aliphatic carbocycles. The van der Waals surface area contributed by atoms with Crippen molar-refractivity contribution in [2.75, 3.05) is 13.2 Å². The van der Waals surface area contributed by atoms with Gasteiger partial charge in [0.2, 0.25) is 0 Å². The van der Waals surface area contributed by atoms with E-state index in [0.717, 1.165) is 38.5 Å². The highest BCUT2D eigenvalue weighted by atomic mass is 16.6. The first-order chi connectivity index (χ1) is 21.1. The first kappa shape index (κ1) is 43.7. The van der Waals surface area contributed by atoms with E-state index in [4.69, 9.17) is 14.9 Å². The van der Waals surface area contributed by atoms with E-state index in [1.54, 1.807) is 0 Å². The maximum absolute atomic E-state index is 11.9. The Hall–Kier alpha value is -1.46. The van der Waals surface area contributed by atoms with E-state index in [1.807, 2.05) is 0 Å². The van der Waals surface area contributed by atoms with Crippen LogP contribution in [0.3, 0.4) is 0 Å². The lowest BCUT2D eigenvalue weighted by Gasteiger charge is -2.04. The number of unbranched alkanes of at least 4 members (excludes halogenated alkanes) is 22. The van der Waals surface area contributed by atoms with Gasteiger partial charge in [0.25, 0.3) is 0 Å². The summed E-state index contributed by atoms with van der Waals surface area (Å²) < 4.78 is 4.99. The largest absolute Gasteiger partial charge is 0.394 e. The van der Waals surface area contributed by atoms with E-state index < -0.39 is 0 Å². The number of carbonyl (C=O) groups excluding carboxylic acids is 2. The van der Waals surface area contributed by atoms with Crippen LogP contribution in [0, 0.1) is 0 Å². The van der Waals surface area contributed by atoms with Gasteiger partial charge in [-0.2, -0.15) is 0 Å². The first-order valence-corrected chi connectivity index (χ1v) is 18.4. The van der Waals surface area contributed by atoms with Crippen LogP contribution < -0.4 is 0 Å². The molecule has 0 fully saturated rings. The van der Waals surface area contributed by atoms with Crippen LogP contribution in [0.4, 0.5) is 0 Å². The van der Waals surface area contributed by atoms with E-state index in [9.17, 15) is 9.59 Å². The van der Waals surface area contributed by atoms with Gasteiger partial charge in [0.1, 0.15) is 0 Å². The van der Waals surface area contributed by atoms with E-state index in [0.29, 0.717) is 12.8 Å². The molecule has 0 atom stereocenters. The van der Waals surface area contributed by atoms with Crippen LogP contribution >= 0.6 is 0 Å². The smallest absolute Gasteiger partial charge is 0.313 e. The van der Waals surface area contributed by atoms with Crippen LogP contribution in [-0.2, 0) is 14.3 Å². The Morgan fingerprint density at radius 3 is 0.953 bits per heavy atom. The number of hydrogen-bond donors (Lipinski definition) is 2. The summed E-state index contributed by atoms with van der Waals surface area (Å²) in [5, 5.41) is 15.2. The zero-order valence-corrected chi connectivity index (χ0v) is 28.6. The molecule has 0 heterocycles. The van der Waals surface area contributed by atoms with Crippen molar-refractivity contribution >= 4 is 11.9 Å². The molecular formula is C38H72O5. The Morgan fingerprint density at radius 2 is 0.674 bits per heavy atom. The monoisotopic (exact) mass is 609 g/mol. The summed E-state index contributed by atoms with van der Waals surface area (Å²) in [6.45, 7) is 4.28. The maximum Gasteiger partial charge on any atom is 0.313 e. The molecule has 0 saturated carbocycles. The second-order valence-corrected chi connectivity index (χ2v) is 12.0. The Bertz CT molecular complexity index is 561. The maximum atomic E-state index is 11.9. The predicted octanol–water partition coefficient (Wildman–Crippen LogP) is 11.1. The SMILES string of the molecule is CCCCCCCCC=CCCCCCCCC(=O)OC(=O)CCCCCCCC=CCCCCCCCC.OCCO. The minimum absolute atomic E-state index is 0.125. The normalized spacial score (nSPS) is 11.3. The van der Waals surface area contributed by atoms with Crippen molar-refractivity contribution in [1.82, 2.24) is 0 Å². The zero-order chi connectivity index (χ0) is 31.9. The summed E-state index contributed by atoms with van der Waals surface area (Å²) in [7, 11) is 0. The average molecular weight is 609 g/mol. The summed E-state index contributed by atoms with van der Waals surface area (Å²) in [6.07, 6.45) is 42.2. The summed E-state index contributed by atoms with van der Waals surface area (Å²) >= 11 is 0. The van der Waals surface area contributed by atoms with Gasteiger partial charge >= 0.3 is 11.9 Å². The highest BCUT2D eigenvalue weighted by Crippen LogP contribution is 2.12. The van der Waals surface area contributed by atoms with E-state index in [1.165, 1.54) is 128 Å². The number of carbonyl (C=O) groups is 2. The third-order valence-electron chi connectivity index (χ3n) is 7.61. The fourth-order valence-electron chi connectivity index (χ4n) is 4.91. The minimum Gasteiger partial charge on any atom is -0.394 e. The topological polar surface area (TPSA) is 83.8 Å². The molecule has 0 radical (unpaired) electrons. The number of ether oxygens (including phenoxy) is 1. The van der Waals surface area contributed by atoms with Gasteiger partial charge in [-0.1, -0.05) is 141 Å². The molecule has 0 aromatic carbocycles. The minimum atomic E-state index is -0.342. The van der Waals surface area contributed by atoms with Crippen LogP contribution in [0.2, 0.25) is 0 Å². The number of hydrogen-bond acceptors (Lipinski definition) is 5. The first-order valence-electron chi connectivity index (χ1n) is 18.4. The predicted molar refractivity (Wildman–Crippen MR) is 184 cm³/mol. The number of allylic oxidation sites excluding steroid dienone is 4. The van der Waals surface area contributed by atoms with Crippen molar-refractivity contribution in [2.24, 2.45) is 0 Å². The molecule has 0 saturated heterocycles. The van der Waals surface area contributed by atoms with Gasteiger partial charge in [-0.3, -0.25) is 9.59 Å². The van der Waals surface area contributed by atoms with Gasteiger partial charge in [-0.25, -0.2) is 0 Å². The molecule has 0 amide bonds. The van der Waals surface area contributed by atoms with Gasteiger partial charge in [-0.05, 0) is 64.2 Å². The lowest BCUT2D eigenvalue weighted by atomic mass is 10.1. The van der Waals surface area contributed by atoms with E-state index in [2.05, 4.69) is 38.2 Å². The molecule has 0 rings (SSSR count). The Balaban J connectivity index is 0. The molecule has 5 heteroatoms. The summed E-state index contributed by atoms with van der Waals surface area (Å²) in [6, 6.07) is 0. The number of esters is 2. The molecule has 0 spiro atoms. The fraction of sp³-hybridized carbons (Fsp3) is 0.842. The van der Waals surface area contributed by atoms with Gasteiger partial charge in [0.05, 0.1) is 13.2 Å². The molecule has 5 nitrogen and oxygen atoms in total. The van der Waals surface area contributed by atoms with Gasteiger partial charge in [0, 0.05) is 12.8 Å². The highest BCUT2D eigenvalue weighted by Gasteiger charge is 2.09. The van der Waals surface area contributed by atoms with E-state index in [-0.39, 0.29) is 25.2 Å². The number of rotatable bonds is 31. The molecule has 0 bridgehead atoms. The molecule has 0 aromatic rings. The molecule has 0 aliphatic rings. The third kappa shape index (κ3) is 42.7. The second-order valence-electron chi connectivity index (χ2n) is 12.0. The number of aliphatic hydroxyl groups excluding tert-OH is 2. The van der Waals surface area contributed by atoms with Gasteiger partial charge in [-0.15, -0.1) is 0 Å². The van der Waals surface area contributed by atoms with Crippen molar-refractivity contribution in [1.29, 1.82) is 0 Å². The molecular weight excluding hydrogens is 536 g/mol. The lowest BCUT2D eigenvalue weighted by molar-refractivity contribution is -0.159. The zero-order valence-electron chi connectivity index (χ0n) is 28.6. The third-order valence-corrected chi connectivity index (χ3v) is 7.61. The van der Waals surface area contributed by atoms with Crippen LogP contribution in [0.25, 0.3) is 0 Å². The van der Waals surface area contributed by atoms with Crippen LogP contribution in [0.5, 0.6) is 0 Å². The number of aliphatic hydroxyl groups is 2. The molecule has 254 valence electrons. The molecule has 0 aliphatic heterocycles. The highest BCUT2D eigenvalue weighted by molar-refractivity contribution is 5.85. The van der Waals surface area contributed by atoms with Crippen molar-refractivity contribution < 1.29 is 24.5 Å². The Labute approximate surface area is 267 Å². The average Bonchev–Trinajstić information content (AvgIpc) is 3.01. The summed E-state index contributed by atoms with van der Waals surface area (Å²) in [5.74, 6) is -0.684. The molecule has 2 N–H and O–H groups in total. The lowest BCUT2D eigenvalue weighted by Crippen LogP contribution is -2.11. The second kappa shape index (κ2) is 40.5. The van der Waals surface area contributed by atoms with Crippen molar-refractivity contribution in [3.8, 4) is 0 Å². The summed E-state index contributed by atoms with van der Waals surface area (Å²) in [5.41, 5.74) is 0. The fourth-order valence-corrected chi connectivity index (χ4v) is 4.91. The Morgan fingerprint density at radius 1 is 0.419 bits per heavy atom. The molecule has 43 heavy (non-hydrogen) atoms. The molecule has 0 unspecified atom stereocenters. The van der Waals surface area contributed by atoms with Gasteiger partial charge in [0.15, 0.2) is 0 Å². The van der Waals surface area contributed by atoms with Gasteiger partial charge < -0.3 is 14.9 Å². The molecule has 0 aromatic heterocycles. The van der Waals surface area contributed by atoms with E-state index >= 15 is 0 Å².